The van der Waals surface area contributed by atoms with Gasteiger partial charge in [0.2, 0.25) is 0 Å². The first kappa shape index (κ1) is 9.09. The second-order valence-corrected chi connectivity index (χ2v) is 4.24. The van der Waals surface area contributed by atoms with Crippen molar-refractivity contribution in [3.05, 3.63) is 11.5 Å². The van der Waals surface area contributed by atoms with Gasteiger partial charge < -0.3 is 0 Å². The number of allylic oxidation sites excluding steroid dienone is 1. The normalized spacial score (nSPS) is 12.2. The molecule has 0 saturated carbocycles. The van der Waals surface area contributed by atoms with E-state index >= 15 is 0 Å². The molecule has 0 N–H and O–H groups in total. The SMILES string of the molecule is CC(C)C=CSC(C)C. The van der Waals surface area contributed by atoms with Crippen LogP contribution in [0.3, 0.4) is 0 Å². The maximum atomic E-state index is 2.23. The van der Waals surface area contributed by atoms with Gasteiger partial charge in [0, 0.05) is 5.25 Å². The molecule has 0 fully saturated rings. The Morgan fingerprint density at radius 3 is 2.00 bits per heavy atom. The largest absolute Gasteiger partial charge is 0.132 e. The first-order valence-corrected chi connectivity index (χ1v) is 4.39. The summed E-state index contributed by atoms with van der Waals surface area (Å²) in [4.78, 5) is 0. The fraction of sp³-hybridized carbons (Fsp3) is 0.750. The number of thioether (sulfide) groups is 1. The second-order valence-electron chi connectivity index (χ2n) is 2.76. The lowest BCUT2D eigenvalue weighted by molar-refractivity contribution is 0.833. The molecule has 1 heteroatoms. The minimum Gasteiger partial charge on any atom is -0.132 e. The van der Waals surface area contributed by atoms with Crippen LogP contribution in [0.1, 0.15) is 27.7 Å². The maximum Gasteiger partial charge on any atom is 0.00316 e. The summed E-state index contributed by atoms with van der Waals surface area (Å²) in [6.45, 7) is 8.79. The molecule has 0 aromatic carbocycles. The molecule has 0 aromatic rings. The Bertz CT molecular complexity index is 82.6. The van der Waals surface area contributed by atoms with E-state index in [1.165, 1.54) is 0 Å². The lowest BCUT2D eigenvalue weighted by atomic mass is 10.2. The first-order chi connectivity index (χ1) is 4.13. The van der Waals surface area contributed by atoms with E-state index < -0.39 is 0 Å². The van der Waals surface area contributed by atoms with Crippen LogP contribution in [0, 0.1) is 5.92 Å². The summed E-state index contributed by atoms with van der Waals surface area (Å²) in [5.74, 6) is 0.691. The van der Waals surface area contributed by atoms with Crippen molar-refractivity contribution >= 4 is 11.8 Å². The summed E-state index contributed by atoms with van der Waals surface area (Å²) in [6, 6.07) is 0. The Kier molecular flexibility index (Phi) is 4.97. The molecular formula is C8H16S. The molecule has 0 aliphatic carbocycles. The Morgan fingerprint density at radius 1 is 1.11 bits per heavy atom. The van der Waals surface area contributed by atoms with Crippen LogP contribution in [0.25, 0.3) is 0 Å². The van der Waals surface area contributed by atoms with Crippen LogP contribution in [0.4, 0.5) is 0 Å². The third-order valence-corrected chi connectivity index (χ3v) is 1.67. The summed E-state index contributed by atoms with van der Waals surface area (Å²) < 4.78 is 0. The molecule has 9 heavy (non-hydrogen) atoms. The lowest BCUT2D eigenvalue weighted by Crippen LogP contribution is -1.82. The average Bonchev–Trinajstić information content (AvgIpc) is 1.63. The van der Waals surface area contributed by atoms with Crippen LogP contribution in [0.15, 0.2) is 11.5 Å². The molecule has 0 aromatic heterocycles. The van der Waals surface area contributed by atoms with Crippen molar-refractivity contribution < 1.29 is 0 Å². The van der Waals surface area contributed by atoms with Crippen LogP contribution in [0.5, 0.6) is 0 Å². The van der Waals surface area contributed by atoms with Crippen LogP contribution in [-0.4, -0.2) is 5.25 Å². The van der Waals surface area contributed by atoms with Gasteiger partial charge in [-0.15, -0.1) is 11.8 Å². The standard InChI is InChI=1S/C8H16S/c1-7(2)5-6-9-8(3)4/h5-8H,1-4H3. The average molecular weight is 144 g/mol. The monoisotopic (exact) mass is 144 g/mol. The Hall–Kier alpha value is 0.0900. The highest BCUT2D eigenvalue weighted by Crippen LogP contribution is 2.11. The molecule has 0 radical (unpaired) electrons. The third kappa shape index (κ3) is 8.09. The summed E-state index contributed by atoms with van der Waals surface area (Å²) in [5, 5.41) is 2.91. The highest BCUT2D eigenvalue weighted by Gasteiger charge is 1.87. The van der Waals surface area contributed by atoms with E-state index in [0.717, 1.165) is 5.25 Å². The zero-order chi connectivity index (χ0) is 7.28. The molecule has 0 spiro atoms. The van der Waals surface area contributed by atoms with E-state index in [4.69, 9.17) is 0 Å². The molecule has 0 aliphatic rings. The third-order valence-electron chi connectivity index (χ3n) is 0.814. The van der Waals surface area contributed by atoms with Crippen molar-refractivity contribution in [2.24, 2.45) is 5.92 Å². The van der Waals surface area contributed by atoms with E-state index in [9.17, 15) is 0 Å². The molecule has 0 saturated heterocycles. The molecule has 0 atom stereocenters. The van der Waals surface area contributed by atoms with Gasteiger partial charge in [-0.3, -0.25) is 0 Å². The molecule has 0 aliphatic heterocycles. The first-order valence-electron chi connectivity index (χ1n) is 3.45. The van der Waals surface area contributed by atoms with Crippen molar-refractivity contribution in [3.8, 4) is 0 Å². The van der Waals surface area contributed by atoms with Crippen molar-refractivity contribution in [1.82, 2.24) is 0 Å². The van der Waals surface area contributed by atoms with Crippen molar-refractivity contribution in [3.63, 3.8) is 0 Å². The van der Waals surface area contributed by atoms with Crippen LogP contribution in [0.2, 0.25) is 0 Å². The number of rotatable bonds is 3. The maximum absolute atomic E-state index is 2.23. The van der Waals surface area contributed by atoms with Crippen molar-refractivity contribution in [1.29, 1.82) is 0 Å². The quantitative estimate of drug-likeness (QED) is 0.585. The summed E-state index contributed by atoms with van der Waals surface area (Å²) in [5.41, 5.74) is 0. The fourth-order valence-electron chi connectivity index (χ4n) is 0.360. The van der Waals surface area contributed by atoms with Gasteiger partial charge >= 0.3 is 0 Å². The molecular weight excluding hydrogens is 128 g/mol. The zero-order valence-corrected chi connectivity index (χ0v) is 7.53. The number of hydrogen-bond acceptors (Lipinski definition) is 1. The van der Waals surface area contributed by atoms with E-state index in [-0.39, 0.29) is 0 Å². The van der Waals surface area contributed by atoms with E-state index in [2.05, 4.69) is 39.2 Å². The summed E-state index contributed by atoms with van der Waals surface area (Å²) >= 11 is 1.88. The fourth-order valence-corrected chi connectivity index (χ4v) is 1.08. The molecule has 0 unspecified atom stereocenters. The van der Waals surface area contributed by atoms with Gasteiger partial charge in [-0.1, -0.05) is 33.8 Å². The molecule has 0 nitrogen and oxygen atoms in total. The molecule has 0 bridgehead atoms. The second kappa shape index (κ2) is 4.92. The van der Waals surface area contributed by atoms with E-state index in [1.54, 1.807) is 0 Å². The van der Waals surface area contributed by atoms with Crippen LogP contribution >= 0.6 is 11.8 Å². The van der Waals surface area contributed by atoms with Gasteiger partial charge in [0.1, 0.15) is 0 Å². The smallest absolute Gasteiger partial charge is 0.00316 e. The van der Waals surface area contributed by atoms with Crippen molar-refractivity contribution in [2.45, 2.75) is 32.9 Å². The molecule has 54 valence electrons. The molecule has 0 heterocycles. The highest BCUT2D eigenvalue weighted by atomic mass is 32.2. The van der Waals surface area contributed by atoms with Crippen LogP contribution in [-0.2, 0) is 0 Å². The summed E-state index contributed by atoms with van der Waals surface area (Å²) in [6.07, 6.45) is 2.23. The molecule has 0 rings (SSSR count). The van der Waals surface area contributed by atoms with Gasteiger partial charge in [0.25, 0.3) is 0 Å². The Labute approximate surface area is 62.7 Å². The van der Waals surface area contributed by atoms with Gasteiger partial charge in [0.15, 0.2) is 0 Å². The van der Waals surface area contributed by atoms with Gasteiger partial charge in [-0.2, -0.15) is 0 Å². The Balaban J connectivity index is 3.25. The molecule has 0 amide bonds. The predicted molar refractivity (Wildman–Crippen MR) is 46.7 cm³/mol. The minimum absolute atomic E-state index is 0.691. The zero-order valence-electron chi connectivity index (χ0n) is 6.72. The van der Waals surface area contributed by atoms with Gasteiger partial charge in [-0.05, 0) is 11.3 Å². The van der Waals surface area contributed by atoms with E-state index in [0.29, 0.717) is 5.92 Å². The summed E-state index contributed by atoms with van der Waals surface area (Å²) in [7, 11) is 0. The Morgan fingerprint density at radius 2 is 1.67 bits per heavy atom. The minimum atomic E-state index is 0.691. The van der Waals surface area contributed by atoms with Gasteiger partial charge in [-0.25, -0.2) is 0 Å². The lowest BCUT2D eigenvalue weighted by Gasteiger charge is -1.97. The van der Waals surface area contributed by atoms with E-state index in [1.807, 2.05) is 11.8 Å². The highest BCUT2D eigenvalue weighted by molar-refractivity contribution is 8.02. The topological polar surface area (TPSA) is 0 Å². The van der Waals surface area contributed by atoms with Crippen LogP contribution < -0.4 is 0 Å². The van der Waals surface area contributed by atoms with Gasteiger partial charge in [0.05, 0.1) is 0 Å². The number of hydrogen-bond donors (Lipinski definition) is 0. The van der Waals surface area contributed by atoms with Crippen molar-refractivity contribution in [2.75, 3.05) is 0 Å². The predicted octanol–water partition coefficient (Wildman–Crippen LogP) is 3.30.